The van der Waals surface area contributed by atoms with E-state index in [1.54, 1.807) is 23.9 Å². The number of hydrogen-bond acceptors (Lipinski definition) is 5. The topological polar surface area (TPSA) is 67.8 Å². The fraction of sp³-hybridized carbons (Fsp3) is 0.316. The minimum absolute atomic E-state index is 0.116. The number of ether oxygens (including phenoxy) is 2. The van der Waals surface area contributed by atoms with Crippen LogP contribution >= 0.6 is 11.8 Å². The minimum Gasteiger partial charge on any atom is -0.454 e. The highest BCUT2D eigenvalue weighted by Gasteiger charge is 2.17. The van der Waals surface area contributed by atoms with E-state index in [0.29, 0.717) is 30.0 Å². The Labute approximate surface area is 151 Å². The number of benzene rings is 2. The van der Waals surface area contributed by atoms with Gasteiger partial charge in [-0.15, -0.1) is 11.8 Å². The molecule has 0 fully saturated rings. The number of aliphatic hydroxyl groups excluding tert-OH is 1. The Morgan fingerprint density at radius 3 is 2.88 bits per heavy atom. The first-order chi connectivity index (χ1) is 12.2. The quantitative estimate of drug-likeness (QED) is 0.742. The third kappa shape index (κ3) is 4.27. The molecule has 1 amide bonds. The van der Waals surface area contributed by atoms with Crippen LogP contribution in [0.25, 0.3) is 0 Å². The lowest BCUT2D eigenvalue weighted by Crippen LogP contribution is -2.26. The van der Waals surface area contributed by atoms with E-state index in [0.717, 1.165) is 16.2 Å². The first-order valence-corrected chi connectivity index (χ1v) is 9.25. The van der Waals surface area contributed by atoms with Crippen molar-refractivity contribution in [3.05, 3.63) is 53.6 Å². The summed E-state index contributed by atoms with van der Waals surface area (Å²) in [5.74, 6) is 2.13. The van der Waals surface area contributed by atoms with Gasteiger partial charge in [0, 0.05) is 11.4 Å². The number of hydrogen-bond donors (Lipinski definition) is 2. The normalized spacial score (nSPS) is 13.5. The van der Waals surface area contributed by atoms with Crippen LogP contribution in [0.4, 0.5) is 0 Å². The first kappa shape index (κ1) is 17.6. The van der Waals surface area contributed by atoms with E-state index in [1.807, 2.05) is 30.3 Å². The summed E-state index contributed by atoms with van der Waals surface area (Å²) in [7, 11) is 0. The standard InChI is InChI=1S/C19H21NO4S/c1-2-25-18-6-4-3-5-14(18)19(22)20-10-9-15(21)13-7-8-16-17(11-13)24-12-23-16/h3-8,11,15,21H,2,9-10,12H2,1H3,(H,20,22). The Hall–Kier alpha value is -2.18. The second-order valence-corrected chi connectivity index (χ2v) is 6.91. The van der Waals surface area contributed by atoms with E-state index in [9.17, 15) is 9.90 Å². The molecule has 1 heterocycles. The molecule has 2 N–H and O–H groups in total. The van der Waals surface area contributed by atoms with Crippen molar-refractivity contribution in [3.8, 4) is 11.5 Å². The second kappa shape index (κ2) is 8.27. The molecule has 5 nitrogen and oxygen atoms in total. The molecule has 3 rings (SSSR count). The van der Waals surface area contributed by atoms with E-state index in [-0.39, 0.29) is 12.7 Å². The molecule has 0 bridgehead atoms. The number of thioether (sulfide) groups is 1. The van der Waals surface area contributed by atoms with E-state index in [2.05, 4.69) is 12.2 Å². The predicted octanol–water partition coefficient (Wildman–Crippen LogP) is 3.38. The van der Waals surface area contributed by atoms with Crippen molar-refractivity contribution in [1.82, 2.24) is 5.32 Å². The number of amides is 1. The fourth-order valence-electron chi connectivity index (χ4n) is 2.64. The molecule has 0 radical (unpaired) electrons. The largest absolute Gasteiger partial charge is 0.454 e. The van der Waals surface area contributed by atoms with Crippen LogP contribution in [0.5, 0.6) is 11.5 Å². The molecule has 2 aromatic carbocycles. The van der Waals surface area contributed by atoms with Crippen LogP contribution in [0, 0.1) is 0 Å². The molecule has 25 heavy (non-hydrogen) atoms. The fourth-order valence-corrected chi connectivity index (χ4v) is 3.44. The van der Waals surface area contributed by atoms with Crippen molar-refractivity contribution in [3.63, 3.8) is 0 Å². The molecule has 1 aliphatic rings. The molecular weight excluding hydrogens is 338 g/mol. The lowest BCUT2D eigenvalue weighted by Gasteiger charge is -2.13. The molecule has 0 aliphatic carbocycles. The summed E-state index contributed by atoms with van der Waals surface area (Å²) in [6, 6.07) is 12.9. The molecule has 1 unspecified atom stereocenters. The van der Waals surface area contributed by atoms with Crippen molar-refractivity contribution in [2.24, 2.45) is 0 Å². The number of fused-ring (bicyclic) bond motifs is 1. The zero-order valence-electron chi connectivity index (χ0n) is 14.0. The first-order valence-electron chi connectivity index (χ1n) is 8.26. The molecule has 1 atom stereocenters. The SMILES string of the molecule is CCSc1ccccc1C(=O)NCCC(O)c1ccc2c(c1)OCO2. The average molecular weight is 359 g/mol. The highest BCUT2D eigenvalue weighted by atomic mass is 32.2. The summed E-state index contributed by atoms with van der Waals surface area (Å²) in [5, 5.41) is 13.2. The Balaban J connectivity index is 1.55. The predicted molar refractivity (Wildman–Crippen MR) is 97.3 cm³/mol. The lowest BCUT2D eigenvalue weighted by atomic mass is 10.1. The number of aliphatic hydroxyl groups is 1. The van der Waals surface area contributed by atoms with Crippen LogP contribution in [0.1, 0.15) is 35.4 Å². The molecule has 2 aromatic rings. The van der Waals surface area contributed by atoms with Gasteiger partial charge in [0.05, 0.1) is 11.7 Å². The van der Waals surface area contributed by atoms with Crippen molar-refractivity contribution in [2.75, 3.05) is 19.1 Å². The van der Waals surface area contributed by atoms with Gasteiger partial charge >= 0.3 is 0 Å². The van der Waals surface area contributed by atoms with Crippen LogP contribution in [0.15, 0.2) is 47.4 Å². The maximum absolute atomic E-state index is 12.4. The Morgan fingerprint density at radius 2 is 2.04 bits per heavy atom. The molecular formula is C19H21NO4S. The van der Waals surface area contributed by atoms with Crippen molar-refractivity contribution >= 4 is 17.7 Å². The van der Waals surface area contributed by atoms with Crippen molar-refractivity contribution < 1.29 is 19.4 Å². The van der Waals surface area contributed by atoms with Gasteiger partial charge in [-0.05, 0) is 42.0 Å². The Morgan fingerprint density at radius 1 is 1.24 bits per heavy atom. The van der Waals surface area contributed by atoms with Crippen LogP contribution < -0.4 is 14.8 Å². The monoisotopic (exact) mass is 359 g/mol. The van der Waals surface area contributed by atoms with E-state index < -0.39 is 6.10 Å². The highest BCUT2D eigenvalue weighted by Crippen LogP contribution is 2.34. The van der Waals surface area contributed by atoms with Gasteiger partial charge in [0.15, 0.2) is 11.5 Å². The summed E-state index contributed by atoms with van der Waals surface area (Å²) in [4.78, 5) is 13.3. The summed E-state index contributed by atoms with van der Waals surface area (Å²) >= 11 is 1.64. The van der Waals surface area contributed by atoms with Gasteiger partial charge in [-0.2, -0.15) is 0 Å². The van der Waals surface area contributed by atoms with Crippen LogP contribution in [0.3, 0.4) is 0 Å². The molecule has 132 valence electrons. The molecule has 0 saturated heterocycles. The maximum atomic E-state index is 12.4. The summed E-state index contributed by atoms with van der Waals surface area (Å²) in [5.41, 5.74) is 1.42. The number of nitrogens with one attached hydrogen (secondary N) is 1. The number of carbonyl (C=O) groups excluding carboxylic acids is 1. The lowest BCUT2D eigenvalue weighted by molar-refractivity contribution is 0.0939. The zero-order chi connectivity index (χ0) is 17.6. The van der Waals surface area contributed by atoms with E-state index in [4.69, 9.17) is 9.47 Å². The van der Waals surface area contributed by atoms with Crippen molar-refractivity contribution in [1.29, 1.82) is 0 Å². The van der Waals surface area contributed by atoms with Crippen LogP contribution in [0.2, 0.25) is 0 Å². The van der Waals surface area contributed by atoms with Gasteiger partial charge in [-0.1, -0.05) is 25.1 Å². The smallest absolute Gasteiger partial charge is 0.252 e. The molecule has 1 aliphatic heterocycles. The van der Waals surface area contributed by atoms with E-state index >= 15 is 0 Å². The van der Waals surface area contributed by atoms with E-state index in [1.165, 1.54) is 0 Å². The summed E-state index contributed by atoms with van der Waals surface area (Å²) in [6.07, 6.45) is -0.246. The second-order valence-electron chi connectivity index (χ2n) is 5.60. The Kier molecular flexibility index (Phi) is 5.83. The zero-order valence-corrected chi connectivity index (χ0v) is 14.8. The maximum Gasteiger partial charge on any atom is 0.252 e. The highest BCUT2D eigenvalue weighted by molar-refractivity contribution is 7.99. The third-order valence-electron chi connectivity index (χ3n) is 3.92. The average Bonchev–Trinajstić information content (AvgIpc) is 3.10. The molecule has 0 aromatic heterocycles. The molecule has 0 spiro atoms. The summed E-state index contributed by atoms with van der Waals surface area (Å²) < 4.78 is 10.6. The van der Waals surface area contributed by atoms with Gasteiger partial charge in [-0.25, -0.2) is 0 Å². The van der Waals surface area contributed by atoms with Gasteiger partial charge in [0.25, 0.3) is 5.91 Å². The summed E-state index contributed by atoms with van der Waals surface area (Å²) in [6.45, 7) is 2.65. The van der Waals surface area contributed by atoms with Crippen LogP contribution in [-0.4, -0.2) is 30.1 Å². The molecule has 0 saturated carbocycles. The van der Waals surface area contributed by atoms with Gasteiger partial charge in [0.1, 0.15) is 0 Å². The van der Waals surface area contributed by atoms with Gasteiger partial charge in [-0.3, -0.25) is 4.79 Å². The van der Waals surface area contributed by atoms with Crippen molar-refractivity contribution in [2.45, 2.75) is 24.3 Å². The van der Waals surface area contributed by atoms with Gasteiger partial charge < -0.3 is 19.9 Å². The van der Waals surface area contributed by atoms with Gasteiger partial charge in [0.2, 0.25) is 6.79 Å². The van der Waals surface area contributed by atoms with Crippen LogP contribution in [-0.2, 0) is 0 Å². The minimum atomic E-state index is -0.671. The Bertz CT molecular complexity index is 750. The number of carbonyl (C=O) groups is 1. The number of rotatable bonds is 7. The third-order valence-corrected chi connectivity index (χ3v) is 4.87. The molecule has 6 heteroatoms.